The molecule has 3 heterocycles. The molecule has 1 fully saturated rings. The van der Waals surface area contributed by atoms with E-state index in [0.29, 0.717) is 5.39 Å². The molecule has 17 nitrogen and oxygen atoms in total. The summed E-state index contributed by atoms with van der Waals surface area (Å²) >= 11 is 0. The van der Waals surface area contributed by atoms with E-state index in [1.54, 1.807) is 0 Å². The van der Waals surface area contributed by atoms with Crippen molar-refractivity contribution in [1.29, 1.82) is 0 Å². The van der Waals surface area contributed by atoms with Crippen molar-refractivity contribution in [2.75, 3.05) is 19.0 Å². The number of alkyl halides is 1. The van der Waals surface area contributed by atoms with Gasteiger partial charge in [-0.15, -0.1) is 0 Å². The Bertz CT molecular complexity index is 1220. The van der Waals surface area contributed by atoms with Gasteiger partial charge in [-0.25, -0.2) is 28.1 Å². The summed E-state index contributed by atoms with van der Waals surface area (Å²) in [6.07, 6.45) is -1.21. The van der Waals surface area contributed by atoms with Gasteiger partial charge in [0.1, 0.15) is 36.2 Å². The van der Waals surface area contributed by atoms with Crippen LogP contribution in [0.25, 0.3) is 11.0 Å². The van der Waals surface area contributed by atoms with E-state index < -0.39 is 60.3 Å². The lowest BCUT2D eigenvalue weighted by Gasteiger charge is -2.31. The topological polar surface area (TPSA) is 266 Å². The average Bonchev–Trinajstić information content (AvgIpc) is 3.17. The Labute approximate surface area is 189 Å². The van der Waals surface area contributed by atoms with Crippen LogP contribution in [-0.2, 0) is 31.6 Å². The van der Waals surface area contributed by atoms with Gasteiger partial charge in [-0.1, -0.05) is 0 Å². The number of nitrogen functional groups attached to an aromatic ring is 1. The van der Waals surface area contributed by atoms with Crippen molar-refractivity contribution in [2.24, 2.45) is 0 Å². The molecule has 0 amide bonds. The van der Waals surface area contributed by atoms with Crippen LogP contribution in [0.5, 0.6) is 0 Å². The monoisotopic (exact) mass is 552 g/mol. The third-order valence-corrected chi connectivity index (χ3v) is 8.59. The molecule has 21 heteroatoms. The molecule has 8 N–H and O–H groups in total. The van der Waals surface area contributed by atoms with Gasteiger partial charge in [-0.05, 0) is 13.0 Å². The van der Waals surface area contributed by atoms with Gasteiger partial charge in [0.2, 0.25) is 0 Å². The molecule has 6 atom stereocenters. The molecule has 0 aromatic carbocycles. The third kappa shape index (κ3) is 5.39. The van der Waals surface area contributed by atoms with Gasteiger partial charge in [0.05, 0.1) is 12.0 Å². The zero-order valence-electron chi connectivity index (χ0n) is 17.0. The number of anilines is 1. The fraction of sp³-hybridized carbons (Fsp3) is 0.538. The van der Waals surface area contributed by atoms with Gasteiger partial charge in [0, 0.05) is 6.20 Å². The van der Waals surface area contributed by atoms with E-state index in [2.05, 4.69) is 23.1 Å². The maximum absolute atomic E-state index is 14.1. The lowest BCUT2D eigenvalue weighted by atomic mass is 9.88. The number of rotatable bonds is 9. The molecule has 2 aromatic heterocycles. The maximum Gasteiger partial charge on any atom is 0.490 e. The number of phosphoric acid groups is 3. The molecule has 1 aliphatic heterocycles. The smallest absolute Gasteiger partial charge is 0.387 e. The summed E-state index contributed by atoms with van der Waals surface area (Å²) in [6, 6.07) is 1.46. The van der Waals surface area contributed by atoms with Gasteiger partial charge < -0.3 is 44.8 Å². The molecule has 0 saturated carbocycles. The van der Waals surface area contributed by atoms with Crippen LogP contribution in [0, 0.1) is 0 Å². The van der Waals surface area contributed by atoms with Crippen LogP contribution in [0.2, 0.25) is 0 Å². The average molecular weight is 552 g/mol. The van der Waals surface area contributed by atoms with Crippen molar-refractivity contribution in [1.82, 2.24) is 14.5 Å². The van der Waals surface area contributed by atoms with Crippen LogP contribution in [0.15, 0.2) is 18.6 Å². The van der Waals surface area contributed by atoms with Crippen LogP contribution >= 0.6 is 23.5 Å². The first kappa shape index (κ1) is 27.2. The highest BCUT2D eigenvalue weighted by Gasteiger charge is 2.63. The largest absolute Gasteiger partial charge is 0.490 e. The van der Waals surface area contributed by atoms with Gasteiger partial charge in [-0.3, -0.25) is 4.52 Å². The number of aliphatic hydroxyl groups excluding tert-OH is 1. The van der Waals surface area contributed by atoms with Crippen molar-refractivity contribution in [3.05, 3.63) is 18.6 Å². The summed E-state index contributed by atoms with van der Waals surface area (Å²) in [5.74, 6) is 0.0753. The highest BCUT2D eigenvalue weighted by atomic mass is 31.3. The fourth-order valence-corrected chi connectivity index (χ4v) is 6.42. The number of ether oxygens (including phenoxy) is 1. The zero-order chi connectivity index (χ0) is 25.7. The Kier molecular flexibility index (Phi) is 7.16. The lowest BCUT2D eigenvalue weighted by molar-refractivity contribution is -0.135. The van der Waals surface area contributed by atoms with E-state index in [1.165, 1.54) is 16.8 Å². The number of hydrogen-bond acceptors (Lipinski definition) is 12. The Morgan fingerprint density at radius 1 is 1.21 bits per heavy atom. The van der Waals surface area contributed by atoms with E-state index in [9.17, 15) is 38.1 Å². The van der Waals surface area contributed by atoms with Crippen LogP contribution in [-0.4, -0.2) is 74.9 Å². The second-order valence-electron chi connectivity index (χ2n) is 7.38. The Balaban J connectivity index is 1.86. The van der Waals surface area contributed by atoms with Crippen molar-refractivity contribution >= 4 is 40.3 Å². The number of aliphatic hydroxyl groups is 2. The first-order chi connectivity index (χ1) is 15.4. The summed E-state index contributed by atoms with van der Waals surface area (Å²) in [7, 11) is -17.1. The molecule has 192 valence electrons. The van der Waals surface area contributed by atoms with Crippen LogP contribution < -0.4 is 5.73 Å². The molecule has 3 rings (SSSR count). The quantitative estimate of drug-likeness (QED) is 0.197. The summed E-state index contributed by atoms with van der Waals surface area (Å²) in [6.45, 7) is -1.87. The molecule has 3 unspecified atom stereocenters. The molecule has 0 bridgehead atoms. The molecule has 0 aliphatic carbocycles. The number of phosphoric ester groups is 1. The predicted molar refractivity (Wildman–Crippen MR) is 107 cm³/mol. The molecule has 0 spiro atoms. The molecular formula is C13H20FN4O13P3. The predicted octanol–water partition coefficient (Wildman–Crippen LogP) is -0.294. The zero-order valence-corrected chi connectivity index (χ0v) is 19.7. The first-order valence-electron chi connectivity index (χ1n) is 8.93. The SMILES string of the molecule is C[C@]1(O)C(n2ccc3c(N)ncnc32)O[C@](CF)(COP(=O)(O)OP(=O)(O)OP(=O)(O)O)[C@H]1O. The minimum Gasteiger partial charge on any atom is -0.387 e. The van der Waals surface area contributed by atoms with E-state index in [1.807, 2.05) is 0 Å². The van der Waals surface area contributed by atoms with Crippen molar-refractivity contribution < 1.29 is 65.8 Å². The van der Waals surface area contributed by atoms with E-state index in [0.717, 1.165) is 13.3 Å². The van der Waals surface area contributed by atoms with E-state index >= 15 is 0 Å². The molecule has 34 heavy (non-hydrogen) atoms. The number of fused-ring (bicyclic) bond motifs is 1. The van der Waals surface area contributed by atoms with Crippen molar-refractivity contribution in [3.63, 3.8) is 0 Å². The van der Waals surface area contributed by atoms with E-state index in [4.69, 9.17) is 20.3 Å². The lowest BCUT2D eigenvalue weighted by Crippen LogP contribution is -2.53. The minimum atomic E-state index is -5.83. The second-order valence-corrected chi connectivity index (χ2v) is 11.8. The molecule has 0 radical (unpaired) electrons. The minimum absolute atomic E-state index is 0.0753. The molecular weight excluding hydrogens is 532 g/mol. The van der Waals surface area contributed by atoms with Gasteiger partial charge in [-0.2, -0.15) is 8.62 Å². The third-order valence-electron chi connectivity index (χ3n) is 4.81. The second kappa shape index (κ2) is 8.94. The van der Waals surface area contributed by atoms with Gasteiger partial charge in [0.25, 0.3) is 0 Å². The summed E-state index contributed by atoms with van der Waals surface area (Å²) in [5, 5.41) is 21.9. The standard InChI is InChI=1S/C13H20FN4O13P3/c1-12(20)10(19)13(4-14,5-28-33(24,25)31-34(26,27)30-32(21,22)23)29-11(12)18-3-2-7-8(15)16-6-17-9(7)18/h2-3,6,10-11,19-20H,4-5H2,1H3,(H,24,25)(H,26,27)(H2,15,16,17)(H2,21,22,23)/t10-,11?,12+,13+/m0/s1. The summed E-state index contributed by atoms with van der Waals surface area (Å²) in [5.41, 5.74) is 1.11. The number of halogens is 1. The highest BCUT2D eigenvalue weighted by Crippen LogP contribution is 2.66. The molecule has 1 aliphatic rings. The summed E-state index contributed by atoms with van der Waals surface area (Å²) < 4.78 is 66.5. The molecule has 1 saturated heterocycles. The highest BCUT2D eigenvalue weighted by molar-refractivity contribution is 7.66. The number of hydrogen-bond donors (Lipinski definition) is 7. The first-order valence-corrected chi connectivity index (χ1v) is 13.4. The van der Waals surface area contributed by atoms with Crippen LogP contribution in [0.1, 0.15) is 13.2 Å². The Morgan fingerprint density at radius 2 is 1.85 bits per heavy atom. The number of nitrogens with zero attached hydrogens (tertiary/aromatic N) is 3. The normalized spacial score (nSPS) is 31.4. The Hall–Kier alpha value is -1.36. The van der Waals surface area contributed by atoms with Gasteiger partial charge in [0.15, 0.2) is 11.8 Å². The maximum atomic E-state index is 14.1. The van der Waals surface area contributed by atoms with Crippen LogP contribution in [0.4, 0.5) is 10.2 Å². The van der Waals surface area contributed by atoms with E-state index in [-0.39, 0.29) is 11.5 Å². The number of aromatic nitrogens is 3. The fourth-order valence-electron chi connectivity index (χ4n) is 3.34. The Morgan fingerprint density at radius 3 is 2.44 bits per heavy atom. The summed E-state index contributed by atoms with van der Waals surface area (Å²) in [4.78, 5) is 43.8. The number of nitrogens with two attached hydrogens (primary N) is 1. The van der Waals surface area contributed by atoms with Crippen molar-refractivity contribution in [2.45, 2.75) is 30.5 Å². The van der Waals surface area contributed by atoms with Gasteiger partial charge >= 0.3 is 23.5 Å². The molecule has 2 aromatic rings. The van der Waals surface area contributed by atoms with Crippen molar-refractivity contribution in [3.8, 4) is 0 Å². The van der Waals surface area contributed by atoms with Crippen LogP contribution in [0.3, 0.4) is 0 Å².